The summed E-state index contributed by atoms with van der Waals surface area (Å²) in [6, 6.07) is 19.6. The van der Waals surface area contributed by atoms with Crippen molar-refractivity contribution in [2.24, 2.45) is 10.2 Å². The molecule has 162 valence electrons. The zero-order chi connectivity index (χ0) is 22.5. The number of hydrogen-bond acceptors (Lipinski definition) is 6. The van der Waals surface area contributed by atoms with E-state index in [0.717, 1.165) is 22.4 Å². The van der Waals surface area contributed by atoms with Crippen LogP contribution in [0.5, 0.6) is 0 Å². The minimum absolute atomic E-state index is 0.112. The number of carbonyl (C=O) groups excluding carboxylic acids is 1. The van der Waals surface area contributed by atoms with Crippen LogP contribution in [0.1, 0.15) is 22.5 Å². The molecule has 0 atom stereocenters. The topological polar surface area (TPSA) is 61.4 Å². The molecule has 4 rings (SSSR count). The van der Waals surface area contributed by atoms with Crippen LogP contribution < -0.4 is 4.90 Å². The Kier molecular flexibility index (Phi) is 6.56. The lowest BCUT2D eigenvalue weighted by atomic mass is 10.1. The van der Waals surface area contributed by atoms with Crippen molar-refractivity contribution in [3.05, 3.63) is 94.3 Å². The molecule has 0 aliphatic carbocycles. The molecule has 1 aliphatic heterocycles. The summed E-state index contributed by atoms with van der Waals surface area (Å²) in [5.74, 6) is 0.575. The van der Waals surface area contributed by atoms with Crippen LogP contribution in [-0.2, 0) is 11.3 Å². The molecule has 2 aromatic carbocycles. The van der Waals surface area contributed by atoms with E-state index in [1.54, 1.807) is 23.4 Å². The molecule has 0 N–H and O–H groups in total. The summed E-state index contributed by atoms with van der Waals surface area (Å²) in [6.07, 6.45) is 5.19. The molecule has 1 aromatic heterocycles. The highest BCUT2D eigenvalue weighted by molar-refractivity contribution is 8.18. The molecule has 1 fully saturated rings. The van der Waals surface area contributed by atoms with Crippen molar-refractivity contribution in [1.82, 2.24) is 4.90 Å². The summed E-state index contributed by atoms with van der Waals surface area (Å²) >= 11 is 1.32. The molecule has 1 aliphatic rings. The maximum atomic E-state index is 13.2. The summed E-state index contributed by atoms with van der Waals surface area (Å²) in [5, 5.41) is 9.13. The average molecular weight is 445 g/mol. The first kappa shape index (κ1) is 21.6. The molecule has 6 nitrogen and oxygen atoms in total. The Labute approximate surface area is 191 Å². The summed E-state index contributed by atoms with van der Waals surface area (Å²) < 4.78 is 5.45. The number of amides is 1. The van der Waals surface area contributed by atoms with Crippen molar-refractivity contribution >= 4 is 40.8 Å². The predicted molar refractivity (Wildman–Crippen MR) is 132 cm³/mol. The molecule has 1 saturated heterocycles. The second-order valence-corrected chi connectivity index (χ2v) is 8.56. The summed E-state index contributed by atoms with van der Waals surface area (Å²) in [4.78, 5) is 17.4. The lowest BCUT2D eigenvalue weighted by molar-refractivity contribution is -0.122. The van der Waals surface area contributed by atoms with Gasteiger partial charge in [-0.1, -0.05) is 36.4 Å². The van der Waals surface area contributed by atoms with E-state index < -0.39 is 0 Å². The van der Waals surface area contributed by atoms with Crippen LogP contribution in [-0.4, -0.2) is 36.3 Å². The van der Waals surface area contributed by atoms with E-state index in [1.807, 2.05) is 86.6 Å². The lowest BCUT2D eigenvalue weighted by Crippen LogP contribution is -2.28. The van der Waals surface area contributed by atoms with Crippen LogP contribution in [0.15, 0.2) is 86.5 Å². The van der Waals surface area contributed by atoms with Gasteiger partial charge in [0.05, 0.1) is 23.9 Å². The third-order valence-corrected chi connectivity index (χ3v) is 6.01. The fourth-order valence-electron chi connectivity index (χ4n) is 3.17. The Hall–Kier alpha value is -3.58. The van der Waals surface area contributed by atoms with E-state index in [4.69, 9.17) is 4.42 Å². The van der Waals surface area contributed by atoms with Gasteiger partial charge in [-0.3, -0.25) is 9.69 Å². The van der Waals surface area contributed by atoms with Crippen LogP contribution in [0.3, 0.4) is 0 Å². The number of thioether (sulfide) groups is 1. The Balaban J connectivity index is 1.60. The second-order valence-electron chi connectivity index (χ2n) is 7.55. The van der Waals surface area contributed by atoms with Crippen LogP contribution in [0, 0.1) is 6.92 Å². The number of nitrogens with zero attached hydrogens (tertiary/aromatic N) is 4. The number of hydrogen-bond donors (Lipinski definition) is 0. The molecular formula is C25H24N4O2S. The Morgan fingerprint density at radius 3 is 2.53 bits per heavy atom. The van der Waals surface area contributed by atoms with Gasteiger partial charge in [0, 0.05) is 19.8 Å². The number of carbonyl (C=O) groups is 1. The zero-order valence-corrected chi connectivity index (χ0v) is 19.0. The fraction of sp³-hybridized carbons (Fsp3) is 0.160. The molecule has 0 spiro atoms. The van der Waals surface area contributed by atoms with Crippen LogP contribution >= 0.6 is 11.8 Å². The van der Waals surface area contributed by atoms with Gasteiger partial charge in [-0.15, -0.1) is 5.10 Å². The highest BCUT2D eigenvalue weighted by Crippen LogP contribution is 2.34. The molecule has 2 heterocycles. The molecule has 0 saturated carbocycles. The smallest absolute Gasteiger partial charge is 0.267 e. The molecule has 3 aromatic rings. The third kappa shape index (κ3) is 5.00. The first-order chi connectivity index (χ1) is 15.5. The van der Waals surface area contributed by atoms with Gasteiger partial charge >= 0.3 is 0 Å². The first-order valence-corrected chi connectivity index (χ1v) is 11.0. The monoisotopic (exact) mass is 444 g/mol. The maximum absolute atomic E-state index is 13.2. The van der Waals surface area contributed by atoms with Crippen molar-refractivity contribution in [3.8, 4) is 0 Å². The van der Waals surface area contributed by atoms with Gasteiger partial charge in [0.25, 0.3) is 5.91 Å². The van der Waals surface area contributed by atoms with Crippen molar-refractivity contribution in [2.45, 2.75) is 13.5 Å². The number of furan rings is 1. The van der Waals surface area contributed by atoms with E-state index in [1.165, 1.54) is 11.8 Å². The Morgan fingerprint density at radius 2 is 1.84 bits per heavy atom. The highest BCUT2D eigenvalue weighted by Gasteiger charge is 2.34. The number of aryl methyl sites for hydroxylation is 1. The maximum Gasteiger partial charge on any atom is 0.267 e. The van der Waals surface area contributed by atoms with Gasteiger partial charge < -0.3 is 9.32 Å². The number of benzene rings is 2. The molecule has 1 amide bonds. The molecular weight excluding hydrogens is 420 g/mol. The standard InChI is InChI=1S/C25H24N4O2S/c1-18-7-4-5-8-20(18)15-23-24(30)29(17-22-9-6-14-31-22)25(32-23)27-26-16-19-10-12-21(13-11-19)28(2)3/h4-16H,17H2,1-3H3/b23-15-,26-16+,27-25-. The van der Waals surface area contributed by atoms with Gasteiger partial charge in [0.2, 0.25) is 0 Å². The first-order valence-electron chi connectivity index (χ1n) is 10.2. The number of rotatable bonds is 6. The van der Waals surface area contributed by atoms with E-state index >= 15 is 0 Å². The molecule has 0 bridgehead atoms. The summed E-state index contributed by atoms with van der Waals surface area (Å²) in [7, 11) is 4.00. The molecule has 0 unspecified atom stereocenters. The van der Waals surface area contributed by atoms with Crippen LogP contribution in [0.4, 0.5) is 5.69 Å². The Morgan fingerprint density at radius 1 is 1.06 bits per heavy atom. The van der Waals surface area contributed by atoms with Crippen molar-refractivity contribution in [3.63, 3.8) is 0 Å². The van der Waals surface area contributed by atoms with E-state index in [-0.39, 0.29) is 5.91 Å². The number of amidine groups is 1. The quantitative estimate of drug-likeness (QED) is 0.299. The van der Waals surface area contributed by atoms with Gasteiger partial charge in [-0.25, -0.2) is 0 Å². The highest BCUT2D eigenvalue weighted by atomic mass is 32.2. The van der Waals surface area contributed by atoms with Crippen molar-refractivity contribution in [1.29, 1.82) is 0 Å². The third-order valence-electron chi connectivity index (χ3n) is 5.02. The number of anilines is 1. The van der Waals surface area contributed by atoms with E-state index in [0.29, 0.717) is 22.4 Å². The lowest BCUT2D eigenvalue weighted by Gasteiger charge is -2.12. The zero-order valence-electron chi connectivity index (χ0n) is 18.2. The summed E-state index contributed by atoms with van der Waals surface area (Å²) in [6.45, 7) is 2.33. The van der Waals surface area contributed by atoms with Crippen molar-refractivity contribution in [2.75, 3.05) is 19.0 Å². The largest absolute Gasteiger partial charge is 0.467 e. The van der Waals surface area contributed by atoms with E-state index in [9.17, 15) is 4.79 Å². The van der Waals surface area contributed by atoms with Crippen LogP contribution in [0.25, 0.3) is 6.08 Å². The van der Waals surface area contributed by atoms with Crippen LogP contribution in [0.2, 0.25) is 0 Å². The van der Waals surface area contributed by atoms with Gasteiger partial charge in [-0.2, -0.15) is 5.10 Å². The normalized spacial score (nSPS) is 16.6. The molecule has 32 heavy (non-hydrogen) atoms. The minimum Gasteiger partial charge on any atom is -0.467 e. The predicted octanol–water partition coefficient (Wildman–Crippen LogP) is 5.16. The SMILES string of the molecule is Cc1ccccc1/C=C1\S/C(=N\N=C\c2ccc(N(C)C)cc2)N(Cc2ccco2)C1=O. The second kappa shape index (κ2) is 9.70. The van der Waals surface area contributed by atoms with Gasteiger partial charge in [0.1, 0.15) is 5.76 Å². The van der Waals surface area contributed by atoms with Gasteiger partial charge in [-0.05, 0) is 65.7 Å². The average Bonchev–Trinajstić information content (AvgIpc) is 3.40. The fourth-order valence-corrected chi connectivity index (χ4v) is 4.10. The van der Waals surface area contributed by atoms with Gasteiger partial charge in [0.15, 0.2) is 5.17 Å². The van der Waals surface area contributed by atoms with E-state index in [2.05, 4.69) is 10.2 Å². The van der Waals surface area contributed by atoms with Crippen molar-refractivity contribution < 1.29 is 9.21 Å². The molecule has 7 heteroatoms. The summed E-state index contributed by atoms with van der Waals surface area (Å²) in [5.41, 5.74) is 4.16. The molecule has 0 radical (unpaired) electrons. The minimum atomic E-state index is -0.112. The Bertz CT molecular complexity index is 1180.